The van der Waals surface area contributed by atoms with Gasteiger partial charge in [0.15, 0.2) is 44.3 Å². The Bertz CT molecular complexity index is 1370. The molecule has 9 nitrogen and oxygen atoms in total. The van der Waals surface area contributed by atoms with Crippen molar-refractivity contribution in [2.45, 2.75) is 10.6 Å². The van der Waals surface area contributed by atoms with Crippen molar-refractivity contribution in [1.82, 2.24) is 0 Å². The van der Waals surface area contributed by atoms with Gasteiger partial charge in [-0.25, -0.2) is 8.42 Å². The van der Waals surface area contributed by atoms with Crippen molar-refractivity contribution in [2.24, 2.45) is 0 Å². The predicted molar refractivity (Wildman–Crippen MR) is 140 cm³/mol. The summed E-state index contributed by atoms with van der Waals surface area (Å²) in [6.07, 6.45) is 3.56. The second-order valence-corrected chi connectivity index (χ2v) is 9.78. The maximum Gasteiger partial charge on any atom is 0.203 e. The lowest BCUT2D eigenvalue weighted by atomic mass is 10.1. The second kappa shape index (κ2) is 11.8. The first-order valence-corrected chi connectivity index (χ1v) is 12.7. The molecule has 3 aromatic carbocycles. The highest BCUT2D eigenvalue weighted by molar-refractivity contribution is 7.90. The SMILES string of the molecule is COc1ccc(S(=O)(=O)Cc2cc(OC)c(OC)cc2/C=C\c2cc(OC)c(OC)c(OC)c2)cc1O. The van der Waals surface area contributed by atoms with E-state index in [4.69, 9.17) is 28.4 Å². The molecular weight excluding hydrogens is 500 g/mol. The van der Waals surface area contributed by atoms with Gasteiger partial charge in [-0.15, -0.1) is 0 Å². The van der Waals surface area contributed by atoms with Crippen LogP contribution in [0, 0.1) is 0 Å². The molecule has 0 radical (unpaired) electrons. The zero-order chi connectivity index (χ0) is 27.2. The number of rotatable bonds is 11. The molecule has 0 heterocycles. The summed E-state index contributed by atoms with van der Waals surface area (Å²) in [5.41, 5.74) is 1.79. The molecule has 10 heteroatoms. The van der Waals surface area contributed by atoms with Crippen LogP contribution in [0.4, 0.5) is 0 Å². The summed E-state index contributed by atoms with van der Waals surface area (Å²) < 4.78 is 58.6. The Hall–Kier alpha value is -4.05. The van der Waals surface area contributed by atoms with Crippen molar-refractivity contribution in [3.05, 3.63) is 59.2 Å². The number of ether oxygens (including phenoxy) is 6. The second-order valence-electron chi connectivity index (χ2n) is 7.79. The predicted octanol–water partition coefficient (Wildman–Crippen LogP) is 4.59. The number of benzene rings is 3. The molecule has 0 saturated carbocycles. The maximum absolute atomic E-state index is 13.3. The molecule has 0 bridgehead atoms. The van der Waals surface area contributed by atoms with Crippen molar-refractivity contribution < 1.29 is 41.9 Å². The van der Waals surface area contributed by atoms with Crippen LogP contribution in [0.25, 0.3) is 12.2 Å². The monoisotopic (exact) mass is 530 g/mol. The summed E-state index contributed by atoms with van der Waals surface area (Å²) in [6.45, 7) is 0. The lowest BCUT2D eigenvalue weighted by Gasteiger charge is -2.15. The number of methoxy groups -OCH3 is 6. The van der Waals surface area contributed by atoms with Crippen LogP contribution in [0.15, 0.2) is 47.4 Å². The average molecular weight is 531 g/mol. The molecule has 0 amide bonds. The first kappa shape index (κ1) is 27.5. The molecule has 0 aliphatic carbocycles. The fraction of sp³-hybridized carbons (Fsp3) is 0.259. The highest BCUT2D eigenvalue weighted by Gasteiger charge is 2.21. The van der Waals surface area contributed by atoms with Crippen LogP contribution in [0.3, 0.4) is 0 Å². The molecule has 0 unspecified atom stereocenters. The van der Waals surface area contributed by atoms with E-state index in [-0.39, 0.29) is 22.1 Å². The smallest absolute Gasteiger partial charge is 0.203 e. The molecule has 3 rings (SSSR count). The molecule has 0 aliphatic heterocycles. The zero-order valence-electron chi connectivity index (χ0n) is 21.5. The quantitative estimate of drug-likeness (QED) is 0.356. The molecule has 198 valence electrons. The summed E-state index contributed by atoms with van der Waals surface area (Å²) in [6, 6.07) is 10.8. The maximum atomic E-state index is 13.3. The van der Waals surface area contributed by atoms with E-state index < -0.39 is 9.84 Å². The molecule has 0 aromatic heterocycles. The minimum absolute atomic E-state index is 0.0415. The van der Waals surface area contributed by atoms with Gasteiger partial charge in [0.1, 0.15) is 0 Å². The van der Waals surface area contributed by atoms with Gasteiger partial charge in [0.05, 0.1) is 53.3 Å². The third-order valence-electron chi connectivity index (χ3n) is 5.64. The summed E-state index contributed by atoms with van der Waals surface area (Å²) >= 11 is 0. The Morgan fingerprint density at radius 1 is 0.676 bits per heavy atom. The molecule has 3 aromatic rings. The first-order chi connectivity index (χ1) is 17.7. The number of hydrogen-bond donors (Lipinski definition) is 1. The van der Waals surface area contributed by atoms with Crippen molar-refractivity contribution in [3.63, 3.8) is 0 Å². The number of hydrogen-bond acceptors (Lipinski definition) is 9. The van der Waals surface area contributed by atoms with Gasteiger partial charge in [-0.3, -0.25) is 0 Å². The fourth-order valence-electron chi connectivity index (χ4n) is 3.75. The van der Waals surface area contributed by atoms with Crippen LogP contribution in [0.2, 0.25) is 0 Å². The molecule has 0 fully saturated rings. The normalized spacial score (nSPS) is 11.3. The van der Waals surface area contributed by atoms with Gasteiger partial charge in [0.2, 0.25) is 5.75 Å². The lowest BCUT2D eigenvalue weighted by Crippen LogP contribution is -2.07. The van der Waals surface area contributed by atoms with E-state index in [0.29, 0.717) is 39.9 Å². The topological polar surface area (TPSA) is 110 Å². The van der Waals surface area contributed by atoms with Gasteiger partial charge in [0, 0.05) is 6.07 Å². The number of phenols is 1. The Labute approximate surface area is 216 Å². The van der Waals surface area contributed by atoms with Crippen molar-refractivity contribution in [1.29, 1.82) is 0 Å². The largest absolute Gasteiger partial charge is 0.504 e. The minimum atomic E-state index is -3.84. The van der Waals surface area contributed by atoms with Crippen molar-refractivity contribution in [2.75, 3.05) is 42.7 Å². The van der Waals surface area contributed by atoms with Crippen molar-refractivity contribution in [3.8, 4) is 40.2 Å². The minimum Gasteiger partial charge on any atom is -0.504 e. The van der Waals surface area contributed by atoms with Crippen LogP contribution >= 0.6 is 0 Å². The van der Waals surface area contributed by atoms with E-state index >= 15 is 0 Å². The van der Waals surface area contributed by atoms with Gasteiger partial charge in [-0.1, -0.05) is 12.2 Å². The van der Waals surface area contributed by atoms with Gasteiger partial charge < -0.3 is 33.5 Å². The Morgan fingerprint density at radius 2 is 1.24 bits per heavy atom. The Kier molecular flexibility index (Phi) is 8.77. The van der Waals surface area contributed by atoms with E-state index in [1.807, 2.05) is 0 Å². The number of aromatic hydroxyl groups is 1. The number of sulfone groups is 1. The molecular formula is C27H30O9S. The van der Waals surface area contributed by atoms with Crippen LogP contribution in [0.5, 0.6) is 40.2 Å². The van der Waals surface area contributed by atoms with E-state index in [9.17, 15) is 13.5 Å². The van der Waals surface area contributed by atoms with E-state index in [1.54, 1.807) is 36.4 Å². The van der Waals surface area contributed by atoms with E-state index in [0.717, 1.165) is 5.56 Å². The van der Waals surface area contributed by atoms with Crippen LogP contribution in [-0.4, -0.2) is 56.2 Å². The Balaban J connectivity index is 2.08. The summed E-state index contributed by atoms with van der Waals surface area (Å²) in [4.78, 5) is -0.0415. The molecule has 0 aliphatic rings. The van der Waals surface area contributed by atoms with Gasteiger partial charge >= 0.3 is 0 Å². The molecule has 37 heavy (non-hydrogen) atoms. The molecule has 1 N–H and O–H groups in total. The van der Waals surface area contributed by atoms with Crippen LogP contribution in [0.1, 0.15) is 16.7 Å². The zero-order valence-corrected chi connectivity index (χ0v) is 22.3. The third-order valence-corrected chi connectivity index (χ3v) is 7.31. The molecule has 0 saturated heterocycles. The van der Waals surface area contributed by atoms with Gasteiger partial charge in [-0.2, -0.15) is 0 Å². The van der Waals surface area contributed by atoms with E-state index in [2.05, 4.69) is 0 Å². The standard InChI is InChI=1S/C27H30O9S/c1-31-22-10-9-20(15-21(22)28)37(29,30)16-19-14-24(33-3)23(32-2)13-18(19)8-7-17-11-25(34-4)27(36-6)26(12-17)35-5/h7-15,28H,16H2,1-6H3/b8-7-. The van der Waals surface area contributed by atoms with Crippen molar-refractivity contribution >= 4 is 22.0 Å². The lowest BCUT2D eigenvalue weighted by molar-refractivity contribution is 0.324. The average Bonchev–Trinajstić information content (AvgIpc) is 2.90. The van der Waals surface area contributed by atoms with E-state index in [1.165, 1.54) is 60.9 Å². The van der Waals surface area contributed by atoms with Gasteiger partial charge in [-0.05, 0) is 53.1 Å². The summed E-state index contributed by atoms with van der Waals surface area (Å²) in [7, 11) is 5.10. The Morgan fingerprint density at radius 3 is 1.76 bits per heavy atom. The number of phenolic OH excluding ortho intramolecular Hbond substituents is 1. The highest BCUT2D eigenvalue weighted by Crippen LogP contribution is 2.39. The van der Waals surface area contributed by atoms with Crippen LogP contribution in [-0.2, 0) is 15.6 Å². The third kappa shape index (κ3) is 6.03. The molecule has 0 atom stereocenters. The molecule has 0 spiro atoms. The van der Waals surface area contributed by atoms with Crippen LogP contribution < -0.4 is 28.4 Å². The fourth-order valence-corrected chi connectivity index (χ4v) is 5.14. The summed E-state index contributed by atoms with van der Waals surface area (Å²) in [5.74, 6) is 1.81. The first-order valence-electron chi connectivity index (χ1n) is 11.0. The summed E-state index contributed by atoms with van der Waals surface area (Å²) in [5, 5.41) is 10.1. The van der Waals surface area contributed by atoms with Gasteiger partial charge in [0.25, 0.3) is 0 Å². The highest BCUT2D eigenvalue weighted by atomic mass is 32.2.